The Morgan fingerprint density at radius 1 is 1.29 bits per heavy atom. The van der Waals surface area contributed by atoms with Crippen LogP contribution in [0.5, 0.6) is 0 Å². The zero-order chi connectivity index (χ0) is 15.9. The highest BCUT2D eigenvalue weighted by Gasteiger charge is 2.25. The van der Waals surface area contributed by atoms with Gasteiger partial charge in [-0.2, -0.15) is 0 Å². The molecule has 0 aliphatic carbocycles. The summed E-state index contributed by atoms with van der Waals surface area (Å²) in [7, 11) is 0. The number of benzene rings is 1. The van der Waals surface area contributed by atoms with Gasteiger partial charge < -0.3 is 15.4 Å². The highest BCUT2D eigenvalue weighted by molar-refractivity contribution is 5.87. The first-order valence-electron chi connectivity index (χ1n) is 6.76. The van der Waals surface area contributed by atoms with Crippen LogP contribution in [-0.2, 0) is 9.53 Å². The number of nitrogens with one attached hydrogen (secondary N) is 2. The second kappa shape index (κ2) is 7.47. The molecule has 2 amide bonds. The van der Waals surface area contributed by atoms with Gasteiger partial charge in [0.05, 0.1) is 0 Å². The lowest BCUT2D eigenvalue weighted by Gasteiger charge is -2.23. The molecule has 114 valence electrons. The molecule has 2 N–H and O–H groups in total. The summed E-state index contributed by atoms with van der Waals surface area (Å²) in [6.07, 6.45) is 0.943. The van der Waals surface area contributed by atoms with E-state index in [1.54, 1.807) is 51.1 Å². The Balaban J connectivity index is 2.85. The minimum absolute atomic E-state index is 0.313. The van der Waals surface area contributed by atoms with Gasteiger partial charge in [0.1, 0.15) is 11.6 Å². The predicted molar refractivity (Wildman–Crippen MR) is 81.8 cm³/mol. The SMILES string of the molecule is C=CCNC(=O)[C@H](NC(=O)OC(C)(C)C)c1ccccc1. The summed E-state index contributed by atoms with van der Waals surface area (Å²) in [5.74, 6) is -0.313. The lowest BCUT2D eigenvalue weighted by molar-refractivity contribution is -0.123. The Hall–Kier alpha value is -2.30. The number of carbonyl (C=O) groups is 2. The Bertz CT molecular complexity index is 492. The quantitative estimate of drug-likeness (QED) is 0.819. The molecule has 0 radical (unpaired) electrons. The summed E-state index contributed by atoms with van der Waals surface area (Å²) in [5, 5.41) is 5.26. The van der Waals surface area contributed by atoms with E-state index in [-0.39, 0.29) is 5.91 Å². The smallest absolute Gasteiger partial charge is 0.408 e. The van der Waals surface area contributed by atoms with Crippen LogP contribution < -0.4 is 10.6 Å². The van der Waals surface area contributed by atoms with Gasteiger partial charge in [0.2, 0.25) is 5.91 Å². The summed E-state index contributed by atoms with van der Waals surface area (Å²) in [6.45, 7) is 9.18. The van der Waals surface area contributed by atoms with Gasteiger partial charge in [-0.05, 0) is 26.3 Å². The van der Waals surface area contributed by atoms with Crippen LogP contribution in [-0.4, -0.2) is 24.1 Å². The van der Waals surface area contributed by atoms with Crippen LogP contribution >= 0.6 is 0 Å². The van der Waals surface area contributed by atoms with Crippen LogP contribution in [0.3, 0.4) is 0 Å². The van der Waals surface area contributed by atoms with Crippen LogP contribution in [0.15, 0.2) is 43.0 Å². The van der Waals surface area contributed by atoms with Crippen molar-refractivity contribution in [2.24, 2.45) is 0 Å². The monoisotopic (exact) mass is 290 g/mol. The van der Waals surface area contributed by atoms with Crippen molar-refractivity contribution >= 4 is 12.0 Å². The molecule has 1 atom stereocenters. The molecule has 1 aromatic rings. The number of carbonyl (C=O) groups excluding carboxylic acids is 2. The number of rotatable bonds is 5. The molecule has 0 saturated carbocycles. The Morgan fingerprint density at radius 3 is 2.43 bits per heavy atom. The van der Waals surface area contributed by atoms with Crippen LogP contribution in [0.25, 0.3) is 0 Å². The fraction of sp³-hybridized carbons (Fsp3) is 0.375. The molecule has 0 aliphatic rings. The molecule has 0 aromatic heterocycles. The third-order valence-corrected chi connectivity index (χ3v) is 2.48. The van der Waals surface area contributed by atoms with E-state index < -0.39 is 17.7 Å². The Kier molecular flexibility index (Phi) is 5.96. The average molecular weight is 290 g/mol. The van der Waals surface area contributed by atoms with E-state index >= 15 is 0 Å². The van der Waals surface area contributed by atoms with E-state index in [2.05, 4.69) is 17.2 Å². The summed E-state index contributed by atoms with van der Waals surface area (Å²) < 4.78 is 5.19. The van der Waals surface area contributed by atoms with E-state index in [9.17, 15) is 9.59 Å². The molecule has 0 aliphatic heterocycles. The summed E-state index contributed by atoms with van der Waals surface area (Å²) in [6, 6.07) is 8.20. The van der Waals surface area contributed by atoms with Gasteiger partial charge in [-0.1, -0.05) is 36.4 Å². The summed E-state index contributed by atoms with van der Waals surface area (Å²) in [5.41, 5.74) is 0.0630. The molecule has 21 heavy (non-hydrogen) atoms. The third kappa shape index (κ3) is 6.12. The predicted octanol–water partition coefficient (Wildman–Crippen LogP) is 2.55. The molecule has 0 unspecified atom stereocenters. The van der Waals surface area contributed by atoms with Gasteiger partial charge in [0, 0.05) is 6.54 Å². The lowest BCUT2D eigenvalue weighted by Crippen LogP contribution is -2.42. The van der Waals surface area contributed by atoms with Crippen LogP contribution in [0.4, 0.5) is 4.79 Å². The minimum atomic E-state index is -0.805. The van der Waals surface area contributed by atoms with Crippen LogP contribution in [0.2, 0.25) is 0 Å². The highest BCUT2D eigenvalue weighted by Crippen LogP contribution is 2.14. The molecule has 5 nitrogen and oxygen atoms in total. The Morgan fingerprint density at radius 2 is 1.90 bits per heavy atom. The van der Waals surface area contributed by atoms with Crippen LogP contribution in [0, 0.1) is 0 Å². The number of alkyl carbamates (subject to hydrolysis) is 1. The van der Waals surface area contributed by atoms with Crippen molar-refractivity contribution in [1.29, 1.82) is 0 Å². The normalized spacial score (nSPS) is 12.1. The molecule has 5 heteroatoms. The van der Waals surface area contributed by atoms with Crippen LogP contribution in [0.1, 0.15) is 32.4 Å². The number of ether oxygens (including phenoxy) is 1. The molecular weight excluding hydrogens is 268 g/mol. The summed E-state index contributed by atoms with van der Waals surface area (Å²) in [4.78, 5) is 24.1. The standard InChI is InChI=1S/C16H22N2O3/c1-5-11-17-14(19)13(12-9-7-6-8-10-12)18-15(20)21-16(2,3)4/h5-10,13H,1,11H2,2-4H3,(H,17,19)(H,18,20)/t13-/m1/s1. The maximum absolute atomic E-state index is 12.2. The molecule has 0 fully saturated rings. The molecule has 0 heterocycles. The third-order valence-electron chi connectivity index (χ3n) is 2.48. The molecular formula is C16H22N2O3. The van der Waals surface area contributed by atoms with Gasteiger partial charge in [0.25, 0.3) is 0 Å². The van der Waals surface area contributed by atoms with Crippen molar-refractivity contribution in [1.82, 2.24) is 10.6 Å². The van der Waals surface area contributed by atoms with Gasteiger partial charge in [-0.3, -0.25) is 4.79 Å². The van der Waals surface area contributed by atoms with Gasteiger partial charge in [-0.15, -0.1) is 6.58 Å². The largest absolute Gasteiger partial charge is 0.444 e. The average Bonchev–Trinajstić information content (AvgIpc) is 2.41. The highest BCUT2D eigenvalue weighted by atomic mass is 16.6. The van der Waals surface area contributed by atoms with Crippen molar-refractivity contribution < 1.29 is 14.3 Å². The maximum Gasteiger partial charge on any atom is 0.408 e. The molecule has 0 bridgehead atoms. The van der Waals surface area contributed by atoms with E-state index in [1.807, 2.05) is 6.07 Å². The second-order valence-corrected chi connectivity index (χ2v) is 5.52. The number of amides is 2. The molecule has 0 saturated heterocycles. The minimum Gasteiger partial charge on any atom is -0.444 e. The fourth-order valence-corrected chi connectivity index (χ4v) is 1.65. The van der Waals surface area contributed by atoms with Gasteiger partial charge in [0.15, 0.2) is 0 Å². The number of hydrogen-bond acceptors (Lipinski definition) is 3. The van der Waals surface area contributed by atoms with Crippen molar-refractivity contribution in [3.05, 3.63) is 48.6 Å². The van der Waals surface area contributed by atoms with Crippen molar-refractivity contribution in [2.45, 2.75) is 32.4 Å². The fourth-order valence-electron chi connectivity index (χ4n) is 1.65. The molecule has 0 spiro atoms. The summed E-state index contributed by atoms with van der Waals surface area (Å²) >= 11 is 0. The first-order chi connectivity index (χ1) is 9.83. The second-order valence-electron chi connectivity index (χ2n) is 5.52. The number of hydrogen-bond donors (Lipinski definition) is 2. The van der Waals surface area contributed by atoms with E-state index in [4.69, 9.17) is 4.74 Å². The Labute approximate surface area is 125 Å². The first-order valence-corrected chi connectivity index (χ1v) is 6.76. The zero-order valence-electron chi connectivity index (χ0n) is 12.7. The van der Waals surface area contributed by atoms with Crippen molar-refractivity contribution in [3.8, 4) is 0 Å². The zero-order valence-corrected chi connectivity index (χ0v) is 12.7. The van der Waals surface area contributed by atoms with E-state index in [0.717, 1.165) is 0 Å². The van der Waals surface area contributed by atoms with Crippen molar-refractivity contribution in [3.63, 3.8) is 0 Å². The maximum atomic E-state index is 12.2. The van der Waals surface area contributed by atoms with E-state index in [0.29, 0.717) is 12.1 Å². The van der Waals surface area contributed by atoms with Gasteiger partial charge in [-0.25, -0.2) is 4.79 Å². The first kappa shape index (κ1) is 16.8. The molecule has 1 aromatic carbocycles. The van der Waals surface area contributed by atoms with Crippen molar-refractivity contribution in [2.75, 3.05) is 6.54 Å². The van der Waals surface area contributed by atoms with Gasteiger partial charge >= 0.3 is 6.09 Å². The lowest BCUT2D eigenvalue weighted by atomic mass is 10.1. The molecule has 1 rings (SSSR count). The van der Waals surface area contributed by atoms with E-state index in [1.165, 1.54) is 0 Å². The topological polar surface area (TPSA) is 67.4 Å².